The van der Waals surface area contributed by atoms with Crippen LogP contribution in [0.4, 0.5) is 4.39 Å². The predicted octanol–water partition coefficient (Wildman–Crippen LogP) is 2.17. The Balaban J connectivity index is 2.70. The number of halogens is 1. The topological polar surface area (TPSA) is 82.1 Å². The molecule has 0 aliphatic carbocycles. The van der Waals surface area contributed by atoms with E-state index in [4.69, 9.17) is 5.21 Å². The summed E-state index contributed by atoms with van der Waals surface area (Å²) in [4.78, 5) is 0. The summed E-state index contributed by atoms with van der Waals surface area (Å²) in [7, 11) is 0. The smallest absolute Gasteiger partial charge is 0.290 e. The molecule has 0 saturated carbocycles. The molecule has 1 aliphatic rings. The van der Waals surface area contributed by atoms with Crippen molar-refractivity contribution in [3.05, 3.63) is 40.9 Å². The quantitative estimate of drug-likeness (QED) is 0.288. The predicted molar refractivity (Wildman–Crippen MR) is 75.1 cm³/mol. The lowest BCUT2D eigenvalue weighted by molar-refractivity contribution is -0.560. The van der Waals surface area contributed by atoms with Gasteiger partial charge in [-0.2, -0.15) is 4.74 Å². The van der Waals surface area contributed by atoms with E-state index in [1.807, 2.05) is 0 Å². The second-order valence-corrected chi connectivity index (χ2v) is 5.73. The van der Waals surface area contributed by atoms with Crippen molar-refractivity contribution in [1.29, 1.82) is 0 Å². The van der Waals surface area contributed by atoms with Gasteiger partial charge in [-0.1, -0.05) is 5.16 Å². The monoisotopic (exact) mass is 295 g/mol. The summed E-state index contributed by atoms with van der Waals surface area (Å²) in [6, 6.07) is 5.44. The van der Waals surface area contributed by atoms with Gasteiger partial charge in [0, 0.05) is 12.5 Å². The highest BCUT2D eigenvalue weighted by molar-refractivity contribution is 6.06. The van der Waals surface area contributed by atoms with E-state index in [9.17, 15) is 14.8 Å². The third-order valence-electron chi connectivity index (χ3n) is 4.07. The van der Waals surface area contributed by atoms with Crippen LogP contribution in [0.1, 0.15) is 33.3 Å². The summed E-state index contributed by atoms with van der Waals surface area (Å²) in [6.07, 6.45) is 0. The van der Waals surface area contributed by atoms with Crippen LogP contribution in [0.3, 0.4) is 0 Å². The van der Waals surface area contributed by atoms with E-state index < -0.39 is 17.0 Å². The maximum absolute atomic E-state index is 13.1. The van der Waals surface area contributed by atoms with Gasteiger partial charge in [0.2, 0.25) is 5.71 Å². The first-order valence-electron chi connectivity index (χ1n) is 6.46. The van der Waals surface area contributed by atoms with Gasteiger partial charge in [-0.05, 0) is 45.0 Å². The van der Waals surface area contributed by atoms with Crippen LogP contribution < -0.4 is 0 Å². The van der Waals surface area contributed by atoms with Gasteiger partial charge in [0.1, 0.15) is 17.1 Å². The van der Waals surface area contributed by atoms with Gasteiger partial charge in [-0.3, -0.25) is 0 Å². The Morgan fingerprint density at radius 2 is 1.81 bits per heavy atom. The summed E-state index contributed by atoms with van der Waals surface area (Å²) < 4.78 is 13.7. The fourth-order valence-electron chi connectivity index (χ4n) is 2.67. The van der Waals surface area contributed by atoms with Crippen molar-refractivity contribution in [3.63, 3.8) is 0 Å². The van der Waals surface area contributed by atoms with Crippen molar-refractivity contribution >= 4 is 11.4 Å². The zero-order valence-corrected chi connectivity index (χ0v) is 12.3. The molecule has 1 aliphatic heterocycles. The average Bonchev–Trinajstić information content (AvgIpc) is 2.58. The van der Waals surface area contributed by atoms with Crippen LogP contribution in [0.25, 0.3) is 0 Å². The van der Waals surface area contributed by atoms with Crippen molar-refractivity contribution < 1.29 is 19.5 Å². The van der Waals surface area contributed by atoms with Crippen LogP contribution in [-0.4, -0.2) is 42.8 Å². The number of hydrogen-bond donors (Lipinski definition) is 2. The maximum Gasteiger partial charge on any atom is 0.290 e. The number of hydroxylamine groups is 3. The minimum absolute atomic E-state index is 0.0465. The number of rotatable bonds is 2. The van der Waals surface area contributed by atoms with Crippen molar-refractivity contribution in [2.24, 2.45) is 5.16 Å². The highest BCUT2D eigenvalue weighted by Crippen LogP contribution is 2.36. The molecule has 0 saturated heterocycles. The minimum Gasteiger partial charge on any atom is -0.622 e. The lowest BCUT2D eigenvalue weighted by atomic mass is 9.92. The molecule has 2 N–H and O–H groups in total. The first-order chi connectivity index (χ1) is 9.67. The van der Waals surface area contributed by atoms with E-state index in [0.29, 0.717) is 10.3 Å². The Kier molecular flexibility index (Phi) is 3.51. The van der Waals surface area contributed by atoms with Gasteiger partial charge in [-0.25, -0.2) is 4.39 Å². The van der Waals surface area contributed by atoms with E-state index in [0.717, 1.165) is 5.06 Å². The first-order valence-corrected chi connectivity index (χ1v) is 6.46. The molecule has 0 fully saturated rings. The second kappa shape index (κ2) is 4.78. The molecule has 1 atom stereocenters. The normalized spacial score (nSPS) is 26.5. The SMILES string of the molecule is C/C(=N/O)C1(C)N(O)C(C)(C)C(c2ccc(F)cc2)=[N+]1[O-]. The molecule has 1 aromatic carbocycles. The molecular formula is C14H18FN3O3. The lowest BCUT2D eigenvalue weighted by Gasteiger charge is -2.32. The van der Waals surface area contributed by atoms with Crippen LogP contribution in [0.15, 0.2) is 29.4 Å². The number of benzene rings is 1. The van der Waals surface area contributed by atoms with Crippen LogP contribution >= 0.6 is 0 Å². The van der Waals surface area contributed by atoms with Crippen LogP contribution in [-0.2, 0) is 0 Å². The highest BCUT2D eigenvalue weighted by atomic mass is 19.1. The fraction of sp³-hybridized carbons (Fsp3) is 0.429. The Morgan fingerprint density at radius 3 is 2.29 bits per heavy atom. The molecule has 0 radical (unpaired) electrons. The van der Waals surface area contributed by atoms with Gasteiger partial charge < -0.3 is 15.6 Å². The molecule has 114 valence electrons. The fourth-order valence-corrected chi connectivity index (χ4v) is 2.67. The molecule has 0 amide bonds. The highest BCUT2D eigenvalue weighted by Gasteiger charge is 2.61. The number of oxime groups is 1. The first kappa shape index (κ1) is 15.4. The molecule has 1 aromatic rings. The molecule has 6 nitrogen and oxygen atoms in total. The molecule has 1 unspecified atom stereocenters. The number of nitrogens with zero attached hydrogens (tertiary/aromatic N) is 3. The van der Waals surface area contributed by atoms with E-state index in [1.165, 1.54) is 38.1 Å². The summed E-state index contributed by atoms with van der Waals surface area (Å²) in [5.74, 6) is -0.413. The van der Waals surface area contributed by atoms with Gasteiger partial charge >= 0.3 is 0 Å². The van der Waals surface area contributed by atoms with Crippen molar-refractivity contribution in [2.75, 3.05) is 0 Å². The summed E-state index contributed by atoms with van der Waals surface area (Å²) in [5, 5.41) is 36.1. The second-order valence-electron chi connectivity index (χ2n) is 5.73. The molecule has 0 spiro atoms. The summed E-state index contributed by atoms with van der Waals surface area (Å²) >= 11 is 0. The third-order valence-corrected chi connectivity index (χ3v) is 4.07. The van der Waals surface area contributed by atoms with Gasteiger partial charge in [0.05, 0.1) is 0 Å². The maximum atomic E-state index is 13.1. The van der Waals surface area contributed by atoms with Crippen molar-refractivity contribution in [2.45, 2.75) is 38.9 Å². The van der Waals surface area contributed by atoms with Gasteiger partial charge in [-0.15, -0.1) is 5.06 Å². The standard InChI is InChI=1S/C14H18FN3O3/c1-9(16-19)14(4)17(20)12(13(2,3)18(14)21)10-5-7-11(15)8-6-10/h5-8,19,21H,1-4H3/b16-9-. The molecule has 0 aromatic heterocycles. The van der Waals surface area contributed by atoms with E-state index in [-0.39, 0.29) is 11.4 Å². The van der Waals surface area contributed by atoms with E-state index in [1.54, 1.807) is 13.8 Å². The molecular weight excluding hydrogens is 277 g/mol. The average molecular weight is 295 g/mol. The molecule has 1 heterocycles. The van der Waals surface area contributed by atoms with Crippen molar-refractivity contribution in [3.8, 4) is 0 Å². The Bertz CT molecular complexity index is 625. The molecule has 21 heavy (non-hydrogen) atoms. The van der Waals surface area contributed by atoms with Crippen LogP contribution in [0, 0.1) is 11.0 Å². The number of hydrogen-bond acceptors (Lipinski definition) is 5. The van der Waals surface area contributed by atoms with E-state index >= 15 is 0 Å². The van der Waals surface area contributed by atoms with Gasteiger partial charge in [0.25, 0.3) is 5.66 Å². The minimum atomic E-state index is -1.54. The molecule has 7 heteroatoms. The zero-order valence-electron chi connectivity index (χ0n) is 12.3. The largest absolute Gasteiger partial charge is 0.622 e. The van der Waals surface area contributed by atoms with Crippen LogP contribution in [0.2, 0.25) is 0 Å². The lowest BCUT2D eigenvalue weighted by Crippen LogP contribution is -2.57. The third kappa shape index (κ3) is 2.00. The zero-order chi connectivity index (χ0) is 16.0. The molecule has 2 rings (SSSR count). The van der Waals surface area contributed by atoms with Crippen LogP contribution in [0.5, 0.6) is 0 Å². The Morgan fingerprint density at radius 1 is 1.29 bits per heavy atom. The summed E-state index contributed by atoms with van der Waals surface area (Å²) in [5.41, 5.74) is -1.78. The van der Waals surface area contributed by atoms with Gasteiger partial charge in [0.15, 0.2) is 0 Å². The Labute approximate surface area is 122 Å². The van der Waals surface area contributed by atoms with E-state index in [2.05, 4.69) is 5.16 Å². The van der Waals surface area contributed by atoms with Crippen molar-refractivity contribution in [1.82, 2.24) is 5.06 Å². The molecule has 0 bridgehead atoms. The summed E-state index contributed by atoms with van der Waals surface area (Å²) in [6.45, 7) is 6.21. The Hall–Kier alpha value is -1.99.